The molecule has 2 N–H and O–H groups in total. The van der Waals surface area contributed by atoms with Gasteiger partial charge in [0.2, 0.25) is 0 Å². The SMILES string of the molecule is CC1=CC(=C(C#N)C#N)C=C(/C=C/c2ccccc2N(C)CCOC2C[C@H](O)[C@@H](CO)O2)O1. The molecule has 8 heteroatoms. The summed E-state index contributed by atoms with van der Waals surface area (Å²) in [7, 11) is 1.95. The first-order valence-corrected chi connectivity index (χ1v) is 10.6. The average molecular weight is 450 g/mol. The number of allylic oxidation sites excluding steroid dienone is 6. The molecule has 0 spiro atoms. The highest BCUT2D eigenvalue weighted by atomic mass is 16.7. The van der Waals surface area contributed by atoms with Crippen molar-refractivity contribution in [3.63, 3.8) is 0 Å². The van der Waals surface area contributed by atoms with Crippen LogP contribution in [0, 0.1) is 22.7 Å². The molecular weight excluding hydrogens is 422 g/mol. The molecule has 3 atom stereocenters. The molecule has 1 aromatic rings. The Balaban J connectivity index is 1.66. The van der Waals surface area contributed by atoms with E-state index in [-0.39, 0.29) is 12.2 Å². The van der Waals surface area contributed by atoms with Gasteiger partial charge in [0.25, 0.3) is 0 Å². The van der Waals surface area contributed by atoms with Crippen molar-refractivity contribution in [2.24, 2.45) is 0 Å². The fraction of sp³-hybridized carbons (Fsp3) is 0.360. The predicted molar refractivity (Wildman–Crippen MR) is 122 cm³/mol. The lowest BCUT2D eigenvalue weighted by Crippen LogP contribution is -2.26. The maximum Gasteiger partial charge on any atom is 0.160 e. The van der Waals surface area contributed by atoms with Crippen molar-refractivity contribution in [3.05, 3.63) is 70.7 Å². The number of hydrogen-bond donors (Lipinski definition) is 2. The quantitative estimate of drug-likeness (QED) is 0.582. The standard InChI is InChI=1S/C25H27N3O5/c1-17-11-19(20(14-26)15-27)12-21(32-17)8-7-18-5-3-4-6-22(18)28(2)9-10-31-25-13-23(30)24(16-29)33-25/h3-8,11-12,23-25,29-30H,9-10,13,16H2,1-2H3/b8-7+/t23-,24+,25?/m0/s1. The van der Waals surface area contributed by atoms with Crippen LogP contribution in [0.1, 0.15) is 18.9 Å². The van der Waals surface area contributed by atoms with Crippen LogP contribution in [0.3, 0.4) is 0 Å². The van der Waals surface area contributed by atoms with E-state index >= 15 is 0 Å². The zero-order valence-corrected chi connectivity index (χ0v) is 18.6. The smallest absolute Gasteiger partial charge is 0.160 e. The van der Waals surface area contributed by atoms with Crippen molar-refractivity contribution in [3.8, 4) is 12.1 Å². The summed E-state index contributed by atoms with van der Waals surface area (Å²) in [6.45, 7) is 2.51. The molecule has 0 bridgehead atoms. The summed E-state index contributed by atoms with van der Waals surface area (Å²) in [5.74, 6) is 1.13. The van der Waals surface area contributed by atoms with E-state index in [1.165, 1.54) is 0 Å². The molecule has 172 valence electrons. The van der Waals surface area contributed by atoms with Gasteiger partial charge in [-0.25, -0.2) is 0 Å². The highest BCUT2D eigenvalue weighted by molar-refractivity contribution is 5.69. The molecule has 0 amide bonds. The first-order valence-electron chi connectivity index (χ1n) is 10.6. The van der Waals surface area contributed by atoms with Crippen molar-refractivity contribution in [1.82, 2.24) is 0 Å². The number of ether oxygens (including phenoxy) is 3. The minimum absolute atomic E-state index is 0.0350. The molecule has 1 aromatic carbocycles. The number of aliphatic hydroxyl groups excluding tert-OH is 2. The zero-order valence-electron chi connectivity index (χ0n) is 18.6. The van der Waals surface area contributed by atoms with Crippen LogP contribution in [0.25, 0.3) is 6.08 Å². The number of nitrogens with zero attached hydrogens (tertiary/aromatic N) is 3. The van der Waals surface area contributed by atoms with Gasteiger partial charge >= 0.3 is 0 Å². The number of para-hydroxylation sites is 1. The van der Waals surface area contributed by atoms with Crippen LogP contribution in [-0.2, 0) is 14.2 Å². The fourth-order valence-corrected chi connectivity index (χ4v) is 3.59. The third kappa shape index (κ3) is 6.32. The Morgan fingerprint density at radius 2 is 2.00 bits per heavy atom. The minimum atomic E-state index is -0.717. The van der Waals surface area contributed by atoms with Crippen LogP contribution in [0.2, 0.25) is 0 Å². The molecule has 0 saturated carbocycles. The normalized spacial score (nSPS) is 22.2. The van der Waals surface area contributed by atoms with Crippen molar-refractivity contribution >= 4 is 11.8 Å². The van der Waals surface area contributed by atoms with E-state index in [2.05, 4.69) is 0 Å². The van der Waals surface area contributed by atoms with Gasteiger partial charge in [-0.1, -0.05) is 18.2 Å². The van der Waals surface area contributed by atoms with Crippen molar-refractivity contribution in [2.45, 2.75) is 31.8 Å². The molecule has 1 unspecified atom stereocenters. The number of benzene rings is 1. The van der Waals surface area contributed by atoms with Crippen molar-refractivity contribution in [2.75, 3.05) is 31.7 Å². The second kappa shape index (κ2) is 11.5. The number of rotatable bonds is 8. The van der Waals surface area contributed by atoms with Gasteiger partial charge in [-0.15, -0.1) is 0 Å². The van der Waals surface area contributed by atoms with Gasteiger partial charge in [-0.3, -0.25) is 0 Å². The van der Waals surface area contributed by atoms with Gasteiger partial charge in [0.15, 0.2) is 6.29 Å². The van der Waals surface area contributed by atoms with Crippen LogP contribution in [0.15, 0.2) is 65.2 Å². The van der Waals surface area contributed by atoms with Gasteiger partial charge in [0.1, 0.15) is 35.3 Å². The number of aliphatic hydroxyl groups is 2. The third-order valence-corrected chi connectivity index (χ3v) is 5.32. The summed E-state index contributed by atoms with van der Waals surface area (Å²) in [6, 6.07) is 11.7. The molecule has 3 rings (SSSR count). The Morgan fingerprint density at radius 1 is 1.24 bits per heavy atom. The lowest BCUT2D eigenvalue weighted by molar-refractivity contribution is -0.141. The summed E-state index contributed by atoms with van der Waals surface area (Å²) in [5, 5.41) is 37.3. The Kier molecular flexibility index (Phi) is 8.42. The molecule has 33 heavy (non-hydrogen) atoms. The topological polar surface area (TPSA) is 119 Å². The number of nitriles is 2. The molecule has 2 heterocycles. The monoisotopic (exact) mass is 449 g/mol. The summed E-state index contributed by atoms with van der Waals surface area (Å²) >= 11 is 0. The average Bonchev–Trinajstić information content (AvgIpc) is 3.17. The zero-order chi connectivity index (χ0) is 23.8. The van der Waals surface area contributed by atoms with E-state index in [1.807, 2.05) is 54.4 Å². The maximum absolute atomic E-state index is 9.80. The Hall–Kier alpha value is -3.40. The number of anilines is 1. The van der Waals surface area contributed by atoms with Crippen LogP contribution in [0.4, 0.5) is 5.69 Å². The lowest BCUT2D eigenvalue weighted by Gasteiger charge is -2.22. The van der Waals surface area contributed by atoms with Gasteiger partial charge in [-0.2, -0.15) is 10.5 Å². The van der Waals surface area contributed by atoms with E-state index in [9.17, 15) is 10.2 Å². The molecule has 8 nitrogen and oxygen atoms in total. The minimum Gasteiger partial charge on any atom is -0.462 e. The Morgan fingerprint density at radius 3 is 2.70 bits per heavy atom. The van der Waals surface area contributed by atoms with Crippen LogP contribution < -0.4 is 4.90 Å². The molecule has 2 aliphatic rings. The molecule has 0 aromatic heterocycles. The Bertz CT molecular complexity index is 1040. The lowest BCUT2D eigenvalue weighted by atomic mass is 10.1. The van der Waals surface area contributed by atoms with E-state index in [1.54, 1.807) is 25.2 Å². The highest BCUT2D eigenvalue weighted by Crippen LogP contribution is 2.26. The van der Waals surface area contributed by atoms with E-state index in [0.717, 1.165) is 11.3 Å². The van der Waals surface area contributed by atoms with Crippen molar-refractivity contribution < 1.29 is 24.4 Å². The second-order valence-electron chi connectivity index (χ2n) is 7.73. The summed E-state index contributed by atoms with van der Waals surface area (Å²) < 4.78 is 16.9. The number of hydrogen-bond acceptors (Lipinski definition) is 8. The second-order valence-corrected chi connectivity index (χ2v) is 7.73. The fourth-order valence-electron chi connectivity index (χ4n) is 3.59. The maximum atomic E-state index is 9.80. The predicted octanol–water partition coefficient (Wildman–Crippen LogP) is 2.78. The molecule has 1 fully saturated rings. The summed E-state index contributed by atoms with van der Waals surface area (Å²) in [4.78, 5) is 2.05. The van der Waals surface area contributed by atoms with Gasteiger partial charge < -0.3 is 29.3 Å². The van der Waals surface area contributed by atoms with Gasteiger partial charge in [0, 0.05) is 31.3 Å². The van der Waals surface area contributed by atoms with Crippen LogP contribution >= 0.6 is 0 Å². The summed E-state index contributed by atoms with van der Waals surface area (Å²) in [5.41, 5.74) is 2.49. The number of likely N-dealkylation sites (N-methyl/N-ethyl adjacent to an activating group) is 1. The van der Waals surface area contributed by atoms with Crippen molar-refractivity contribution in [1.29, 1.82) is 10.5 Å². The van der Waals surface area contributed by atoms with E-state index in [0.29, 0.717) is 36.7 Å². The molecule has 2 aliphatic heterocycles. The summed E-state index contributed by atoms with van der Waals surface area (Å²) in [6.07, 6.45) is 5.54. The van der Waals surface area contributed by atoms with Crippen LogP contribution in [0.5, 0.6) is 0 Å². The van der Waals surface area contributed by atoms with Crippen LogP contribution in [-0.4, -0.2) is 55.5 Å². The molecule has 0 aliphatic carbocycles. The first-order chi connectivity index (χ1) is 15.9. The highest BCUT2D eigenvalue weighted by Gasteiger charge is 2.33. The van der Waals surface area contributed by atoms with E-state index < -0.39 is 18.5 Å². The molecule has 1 saturated heterocycles. The molecular formula is C25H27N3O5. The largest absolute Gasteiger partial charge is 0.462 e. The van der Waals surface area contributed by atoms with E-state index in [4.69, 9.17) is 24.7 Å². The van der Waals surface area contributed by atoms with Gasteiger partial charge in [0.05, 0.1) is 19.3 Å². The third-order valence-electron chi connectivity index (χ3n) is 5.32. The molecule has 0 radical (unpaired) electrons. The first kappa shape index (κ1) is 24.2. The van der Waals surface area contributed by atoms with Gasteiger partial charge in [-0.05, 0) is 42.9 Å². The Labute approximate surface area is 193 Å².